The van der Waals surface area contributed by atoms with E-state index >= 15 is 0 Å². The number of hydrogen-bond acceptors (Lipinski definition) is 3. The molecule has 1 aliphatic rings. The SMILES string of the molecule is C1CNCCN1.O=c1cccc[nH]1. The number of rotatable bonds is 0. The summed E-state index contributed by atoms with van der Waals surface area (Å²) in [5.41, 5.74) is -0.0532. The van der Waals surface area contributed by atoms with Gasteiger partial charge in [0.25, 0.3) is 0 Å². The van der Waals surface area contributed by atoms with Crippen LogP contribution in [-0.2, 0) is 0 Å². The Morgan fingerprint density at radius 3 is 1.85 bits per heavy atom. The molecule has 4 nitrogen and oxygen atoms in total. The van der Waals surface area contributed by atoms with E-state index in [1.54, 1.807) is 18.3 Å². The maximum Gasteiger partial charge on any atom is 0.247 e. The van der Waals surface area contributed by atoms with Crippen molar-refractivity contribution in [3.05, 3.63) is 34.7 Å². The van der Waals surface area contributed by atoms with Crippen molar-refractivity contribution in [2.24, 2.45) is 0 Å². The molecule has 3 N–H and O–H groups in total. The Labute approximate surface area is 77.4 Å². The lowest BCUT2D eigenvalue weighted by atomic mass is 10.4. The fraction of sp³-hybridized carbons (Fsp3) is 0.444. The minimum atomic E-state index is -0.0532. The van der Waals surface area contributed by atoms with Gasteiger partial charge in [-0.25, -0.2) is 0 Å². The second-order valence-corrected chi connectivity index (χ2v) is 2.73. The zero-order valence-corrected chi connectivity index (χ0v) is 7.55. The van der Waals surface area contributed by atoms with Gasteiger partial charge in [0.1, 0.15) is 0 Å². The highest BCUT2D eigenvalue weighted by Crippen LogP contribution is 1.67. The van der Waals surface area contributed by atoms with Crippen LogP contribution >= 0.6 is 0 Å². The van der Waals surface area contributed by atoms with Crippen LogP contribution in [0, 0.1) is 0 Å². The van der Waals surface area contributed by atoms with E-state index < -0.39 is 0 Å². The van der Waals surface area contributed by atoms with E-state index in [2.05, 4.69) is 15.6 Å². The zero-order chi connectivity index (χ0) is 9.36. The van der Waals surface area contributed by atoms with Crippen LogP contribution in [0.1, 0.15) is 0 Å². The Hall–Kier alpha value is -1.13. The second-order valence-electron chi connectivity index (χ2n) is 2.73. The number of H-pyrrole nitrogens is 1. The molecule has 13 heavy (non-hydrogen) atoms. The summed E-state index contributed by atoms with van der Waals surface area (Å²) in [6.45, 7) is 4.56. The predicted molar refractivity (Wildman–Crippen MR) is 52.8 cm³/mol. The summed E-state index contributed by atoms with van der Waals surface area (Å²) < 4.78 is 0. The average molecular weight is 181 g/mol. The van der Waals surface area contributed by atoms with Gasteiger partial charge in [-0.15, -0.1) is 0 Å². The van der Waals surface area contributed by atoms with E-state index in [-0.39, 0.29) is 5.56 Å². The molecule has 0 atom stereocenters. The van der Waals surface area contributed by atoms with Crippen molar-refractivity contribution >= 4 is 0 Å². The van der Waals surface area contributed by atoms with Crippen LogP contribution < -0.4 is 16.2 Å². The maximum atomic E-state index is 10.2. The minimum Gasteiger partial charge on any atom is -0.329 e. The highest BCUT2D eigenvalue weighted by Gasteiger charge is 1.91. The molecule has 0 radical (unpaired) electrons. The number of aromatic nitrogens is 1. The minimum absolute atomic E-state index is 0.0532. The van der Waals surface area contributed by atoms with Crippen LogP contribution in [0.3, 0.4) is 0 Å². The summed E-state index contributed by atoms with van der Waals surface area (Å²) in [7, 11) is 0. The predicted octanol–water partition coefficient (Wildman–Crippen LogP) is -0.446. The van der Waals surface area contributed by atoms with Crippen LogP contribution in [0.25, 0.3) is 0 Å². The molecule has 1 aromatic rings. The van der Waals surface area contributed by atoms with Gasteiger partial charge in [-0.2, -0.15) is 0 Å². The fourth-order valence-electron chi connectivity index (χ4n) is 0.980. The first-order valence-electron chi connectivity index (χ1n) is 4.45. The lowest BCUT2D eigenvalue weighted by molar-refractivity contribution is 0.534. The van der Waals surface area contributed by atoms with Gasteiger partial charge < -0.3 is 15.6 Å². The summed E-state index contributed by atoms with van der Waals surface area (Å²) in [6, 6.07) is 4.93. The molecule has 0 unspecified atom stereocenters. The molecule has 0 amide bonds. The molecule has 1 aliphatic heterocycles. The lowest BCUT2D eigenvalue weighted by Gasteiger charge is -2.11. The van der Waals surface area contributed by atoms with Crippen molar-refractivity contribution in [3.8, 4) is 0 Å². The van der Waals surface area contributed by atoms with Gasteiger partial charge in [-0.3, -0.25) is 4.79 Å². The smallest absolute Gasteiger partial charge is 0.247 e. The van der Waals surface area contributed by atoms with Crippen molar-refractivity contribution in [1.29, 1.82) is 0 Å². The summed E-state index contributed by atoms with van der Waals surface area (Å²) in [6.07, 6.45) is 1.60. The van der Waals surface area contributed by atoms with Crippen molar-refractivity contribution in [2.45, 2.75) is 0 Å². The molecule has 1 saturated heterocycles. The van der Waals surface area contributed by atoms with Crippen LogP contribution in [0.15, 0.2) is 29.2 Å². The lowest BCUT2D eigenvalue weighted by Crippen LogP contribution is -2.39. The third-order valence-electron chi connectivity index (χ3n) is 1.64. The molecule has 72 valence electrons. The zero-order valence-electron chi connectivity index (χ0n) is 7.55. The van der Waals surface area contributed by atoms with Gasteiger partial charge in [-0.05, 0) is 6.07 Å². The van der Waals surface area contributed by atoms with Crippen molar-refractivity contribution in [1.82, 2.24) is 15.6 Å². The first-order valence-corrected chi connectivity index (χ1v) is 4.45. The van der Waals surface area contributed by atoms with E-state index in [9.17, 15) is 4.79 Å². The Balaban J connectivity index is 0.000000132. The Bertz CT molecular complexity index is 239. The van der Waals surface area contributed by atoms with E-state index in [0.29, 0.717) is 0 Å². The molecule has 2 rings (SSSR count). The van der Waals surface area contributed by atoms with E-state index in [4.69, 9.17) is 0 Å². The van der Waals surface area contributed by atoms with Gasteiger partial charge >= 0.3 is 0 Å². The quantitative estimate of drug-likeness (QED) is 0.508. The average Bonchev–Trinajstić information content (AvgIpc) is 2.22. The molecule has 0 aromatic carbocycles. The first kappa shape index (κ1) is 9.95. The molecule has 0 spiro atoms. The molecular formula is C9H15N3O. The third kappa shape index (κ3) is 5.16. The number of aromatic amines is 1. The molecule has 1 fully saturated rings. The van der Waals surface area contributed by atoms with Crippen molar-refractivity contribution in [3.63, 3.8) is 0 Å². The number of hydrogen-bond donors (Lipinski definition) is 3. The molecular weight excluding hydrogens is 166 g/mol. The summed E-state index contributed by atoms with van der Waals surface area (Å²) in [5.74, 6) is 0. The number of piperazine rings is 1. The highest BCUT2D eigenvalue weighted by molar-refractivity contribution is 4.89. The monoisotopic (exact) mass is 181 g/mol. The molecule has 0 saturated carbocycles. The summed E-state index contributed by atoms with van der Waals surface area (Å²) in [5, 5.41) is 6.44. The summed E-state index contributed by atoms with van der Waals surface area (Å²) >= 11 is 0. The number of pyridine rings is 1. The Morgan fingerprint density at radius 2 is 1.62 bits per heavy atom. The Kier molecular flexibility index (Phi) is 4.90. The van der Waals surface area contributed by atoms with Gasteiger partial charge in [0.15, 0.2) is 0 Å². The highest BCUT2D eigenvalue weighted by atomic mass is 16.1. The van der Waals surface area contributed by atoms with E-state index in [0.717, 1.165) is 26.2 Å². The fourth-order valence-corrected chi connectivity index (χ4v) is 0.980. The van der Waals surface area contributed by atoms with Gasteiger partial charge in [0.2, 0.25) is 5.56 Å². The van der Waals surface area contributed by atoms with Gasteiger partial charge in [0.05, 0.1) is 0 Å². The van der Waals surface area contributed by atoms with Gasteiger partial charge in [-0.1, -0.05) is 6.07 Å². The molecule has 0 aliphatic carbocycles. The summed E-state index contributed by atoms with van der Waals surface area (Å²) in [4.78, 5) is 12.7. The van der Waals surface area contributed by atoms with Gasteiger partial charge in [0, 0.05) is 38.4 Å². The second kappa shape index (κ2) is 6.39. The standard InChI is InChI=1S/C5H5NO.C4H10N2/c7-5-3-1-2-4-6-5;1-2-6-4-3-5-1/h1-4H,(H,6,7);5-6H,1-4H2. The van der Waals surface area contributed by atoms with E-state index in [1.807, 2.05) is 0 Å². The van der Waals surface area contributed by atoms with Crippen LogP contribution in [0.2, 0.25) is 0 Å². The van der Waals surface area contributed by atoms with Crippen LogP contribution in [0.4, 0.5) is 0 Å². The Morgan fingerprint density at radius 1 is 1.00 bits per heavy atom. The maximum absolute atomic E-state index is 10.2. The van der Waals surface area contributed by atoms with Crippen molar-refractivity contribution in [2.75, 3.05) is 26.2 Å². The van der Waals surface area contributed by atoms with E-state index in [1.165, 1.54) is 6.07 Å². The van der Waals surface area contributed by atoms with Crippen LogP contribution in [0.5, 0.6) is 0 Å². The molecule has 1 aromatic heterocycles. The molecule has 4 heteroatoms. The van der Waals surface area contributed by atoms with Crippen molar-refractivity contribution < 1.29 is 0 Å². The van der Waals surface area contributed by atoms with Crippen LogP contribution in [-0.4, -0.2) is 31.2 Å². The largest absolute Gasteiger partial charge is 0.329 e. The normalized spacial score (nSPS) is 15.7. The molecule has 2 heterocycles. The molecule has 0 bridgehead atoms. The first-order chi connectivity index (χ1) is 6.39. The topological polar surface area (TPSA) is 56.9 Å². The number of nitrogens with one attached hydrogen (secondary N) is 3. The third-order valence-corrected chi connectivity index (χ3v) is 1.64.